The Morgan fingerprint density at radius 2 is 2.54 bits per heavy atom. The summed E-state index contributed by atoms with van der Waals surface area (Å²) in [5.74, 6) is 3.22. The van der Waals surface area contributed by atoms with Gasteiger partial charge in [-0.15, -0.1) is 0 Å². The van der Waals surface area contributed by atoms with Gasteiger partial charge in [-0.2, -0.15) is 16.9 Å². The molecule has 4 heteroatoms. The smallest absolute Gasteiger partial charge is 0.0723 e. The fourth-order valence-electron chi connectivity index (χ4n) is 1.34. The molecule has 0 radical (unpaired) electrons. The summed E-state index contributed by atoms with van der Waals surface area (Å²) in [5.41, 5.74) is 1.19. The third kappa shape index (κ3) is 2.48. The quantitative estimate of drug-likeness (QED) is 0.777. The van der Waals surface area contributed by atoms with Gasteiger partial charge in [0.15, 0.2) is 0 Å². The van der Waals surface area contributed by atoms with Crippen LogP contribution in [0.2, 0.25) is 0 Å². The molecular formula is C9H15N3S. The molecular weight excluding hydrogens is 182 g/mol. The van der Waals surface area contributed by atoms with Gasteiger partial charge in [0.25, 0.3) is 0 Å². The zero-order valence-electron chi connectivity index (χ0n) is 7.86. The van der Waals surface area contributed by atoms with Crippen molar-refractivity contribution in [3.05, 3.63) is 18.0 Å². The summed E-state index contributed by atoms with van der Waals surface area (Å²) < 4.78 is 1.86. The van der Waals surface area contributed by atoms with Crippen LogP contribution in [0.1, 0.15) is 5.69 Å². The molecule has 3 nitrogen and oxygen atoms in total. The predicted molar refractivity (Wildman–Crippen MR) is 55.7 cm³/mol. The number of hydrogen-bond acceptors (Lipinski definition) is 3. The zero-order chi connectivity index (χ0) is 9.10. The molecule has 1 N–H and O–H groups in total. The molecule has 0 aliphatic carbocycles. The van der Waals surface area contributed by atoms with Gasteiger partial charge in [-0.25, -0.2) is 0 Å². The van der Waals surface area contributed by atoms with Gasteiger partial charge in [-0.05, 0) is 30.8 Å². The topological polar surface area (TPSA) is 29.9 Å². The highest BCUT2D eigenvalue weighted by Crippen LogP contribution is 2.16. The van der Waals surface area contributed by atoms with Crippen LogP contribution in [0.25, 0.3) is 0 Å². The molecule has 2 heterocycles. The summed E-state index contributed by atoms with van der Waals surface area (Å²) in [4.78, 5) is 0. The van der Waals surface area contributed by atoms with Crippen molar-refractivity contribution in [1.29, 1.82) is 0 Å². The van der Waals surface area contributed by atoms with E-state index in [0.717, 1.165) is 11.7 Å². The van der Waals surface area contributed by atoms with E-state index in [9.17, 15) is 0 Å². The van der Waals surface area contributed by atoms with Crippen molar-refractivity contribution >= 4 is 11.8 Å². The van der Waals surface area contributed by atoms with Crippen LogP contribution >= 0.6 is 11.8 Å². The second-order valence-electron chi connectivity index (χ2n) is 3.52. The average molecular weight is 197 g/mol. The van der Waals surface area contributed by atoms with Crippen molar-refractivity contribution in [3.8, 4) is 0 Å². The van der Waals surface area contributed by atoms with Crippen molar-refractivity contribution in [3.63, 3.8) is 0 Å². The maximum absolute atomic E-state index is 4.33. The van der Waals surface area contributed by atoms with Gasteiger partial charge in [0.2, 0.25) is 0 Å². The van der Waals surface area contributed by atoms with Crippen molar-refractivity contribution in [1.82, 2.24) is 15.1 Å². The molecule has 13 heavy (non-hydrogen) atoms. The van der Waals surface area contributed by atoms with Crippen LogP contribution in [-0.2, 0) is 12.8 Å². The lowest BCUT2D eigenvalue weighted by Gasteiger charge is -2.26. The first kappa shape index (κ1) is 9.09. The summed E-state index contributed by atoms with van der Waals surface area (Å²) >= 11 is 1.99. The summed E-state index contributed by atoms with van der Waals surface area (Å²) in [6.07, 6.45) is 2.00. The highest BCUT2D eigenvalue weighted by molar-refractivity contribution is 7.98. The second-order valence-corrected chi connectivity index (χ2v) is 4.55. The summed E-state index contributed by atoms with van der Waals surface area (Å²) in [6.45, 7) is 2.41. The lowest BCUT2D eigenvalue weighted by atomic mass is 10.1. The Kier molecular flexibility index (Phi) is 2.90. The number of nitrogens with zero attached hydrogens (tertiary/aromatic N) is 2. The van der Waals surface area contributed by atoms with Gasteiger partial charge in [-0.1, -0.05) is 0 Å². The van der Waals surface area contributed by atoms with E-state index in [1.54, 1.807) is 0 Å². The standard InChI is InChI=1S/C9H15N3S/c1-12-3-2-9(11-12)7-13-6-8-4-10-5-8/h2-3,8,10H,4-7H2,1H3. The Hall–Kier alpha value is -0.480. The van der Waals surface area contributed by atoms with Gasteiger partial charge in [-0.3, -0.25) is 4.68 Å². The fraction of sp³-hybridized carbons (Fsp3) is 0.667. The minimum absolute atomic E-state index is 0.897. The van der Waals surface area contributed by atoms with E-state index in [4.69, 9.17) is 0 Å². The molecule has 0 unspecified atom stereocenters. The van der Waals surface area contributed by atoms with E-state index in [0.29, 0.717) is 0 Å². The Balaban J connectivity index is 1.67. The number of aromatic nitrogens is 2. The maximum Gasteiger partial charge on any atom is 0.0723 e. The van der Waals surface area contributed by atoms with Crippen LogP contribution in [0, 0.1) is 5.92 Å². The monoisotopic (exact) mass is 197 g/mol. The Morgan fingerprint density at radius 3 is 3.08 bits per heavy atom. The molecule has 0 saturated carbocycles. The first-order chi connectivity index (χ1) is 6.34. The van der Waals surface area contributed by atoms with E-state index >= 15 is 0 Å². The van der Waals surface area contributed by atoms with Crippen LogP contribution in [0.3, 0.4) is 0 Å². The molecule has 72 valence electrons. The van der Waals surface area contributed by atoms with Gasteiger partial charge in [0.1, 0.15) is 0 Å². The highest BCUT2D eigenvalue weighted by atomic mass is 32.2. The first-order valence-corrected chi connectivity index (χ1v) is 5.77. The lowest BCUT2D eigenvalue weighted by molar-refractivity contribution is 0.385. The molecule has 1 fully saturated rings. The van der Waals surface area contributed by atoms with Crippen LogP contribution < -0.4 is 5.32 Å². The van der Waals surface area contributed by atoms with Crippen molar-refractivity contribution in [2.45, 2.75) is 5.75 Å². The number of aryl methyl sites for hydroxylation is 1. The molecule has 0 bridgehead atoms. The lowest BCUT2D eigenvalue weighted by Crippen LogP contribution is -2.43. The molecule has 1 aliphatic heterocycles. The van der Waals surface area contributed by atoms with Crippen molar-refractivity contribution < 1.29 is 0 Å². The summed E-state index contributed by atoms with van der Waals surface area (Å²) in [7, 11) is 1.96. The molecule has 1 aromatic rings. The minimum atomic E-state index is 0.897. The van der Waals surface area contributed by atoms with Gasteiger partial charge < -0.3 is 5.32 Å². The normalized spacial score (nSPS) is 17.3. The first-order valence-electron chi connectivity index (χ1n) is 4.61. The maximum atomic E-state index is 4.33. The molecule has 1 aliphatic rings. The van der Waals surface area contributed by atoms with Crippen LogP contribution in [0.4, 0.5) is 0 Å². The number of hydrogen-bond donors (Lipinski definition) is 1. The molecule has 1 aromatic heterocycles. The highest BCUT2D eigenvalue weighted by Gasteiger charge is 2.15. The molecule has 0 spiro atoms. The summed E-state index contributed by atoms with van der Waals surface area (Å²) in [6, 6.07) is 2.09. The van der Waals surface area contributed by atoms with Gasteiger partial charge >= 0.3 is 0 Å². The third-order valence-corrected chi connectivity index (χ3v) is 3.45. The molecule has 1 saturated heterocycles. The van der Waals surface area contributed by atoms with E-state index < -0.39 is 0 Å². The summed E-state index contributed by atoms with van der Waals surface area (Å²) in [5, 5.41) is 7.61. The van der Waals surface area contributed by atoms with Crippen molar-refractivity contribution in [2.24, 2.45) is 13.0 Å². The van der Waals surface area contributed by atoms with Gasteiger partial charge in [0, 0.05) is 19.0 Å². The van der Waals surface area contributed by atoms with E-state index in [2.05, 4.69) is 16.5 Å². The average Bonchev–Trinajstić information content (AvgIpc) is 2.42. The Labute approximate surface area is 82.9 Å². The Morgan fingerprint density at radius 1 is 1.69 bits per heavy atom. The zero-order valence-corrected chi connectivity index (χ0v) is 8.68. The van der Waals surface area contributed by atoms with Crippen LogP contribution in [-0.4, -0.2) is 28.6 Å². The third-order valence-electron chi connectivity index (χ3n) is 2.24. The van der Waals surface area contributed by atoms with Crippen molar-refractivity contribution in [2.75, 3.05) is 18.8 Å². The van der Waals surface area contributed by atoms with E-state index in [1.807, 2.05) is 29.7 Å². The molecule has 0 aromatic carbocycles. The number of rotatable bonds is 4. The second kappa shape index (κ2) is 4.15. The predicted octanol–water partition coefficient (Wildman–Crippen LogP) is 0.873. The number of nitrogens with one attached hydrogen (secondary N) is 1. The molecule has 0 atom stereocenters. The fourth-order valence-corrected chi connectivity index (χ4v) is 2.39. The van der Waals surface area contributed by atoms with Crippen LogP contribution in [0.15, 0.2) is 12.3 Å². The molecule has 0 amide bonds. The largest absolute Gasteiger partial charge is 0.316 e. The number of thioether (sulfide) groups is 1. The molecule has 2 rings (SSSR count). The minimum Gasteiger partial charge on any atom is -0.316 e. The van der Waals surface area contributed by atoms with E-state index in [1.165, 1.54) is 24.5 Å². The van der Waals surface area contributed by atoms with Crippen LogP contribution in [0.5, 0.6) is 0 Å². The SMILES string of the molecule is Cn1ccc(CSCC2CNC2)n1. The Bertz CT molecular complexity index is 268. The van der Waals surface area contributed by atoms with E-state index in [-0.39, 0.29) is 0 Å². The van der Waals surface area contributed by atoms with Gasteiger partial charge in [0.05, 0.1) is 5.69 Å².